The first kappa shape index (κ1) is 13.7. The number of ether oxygens (including phenoxy) is 1. The molecule has 0 saturated carbocycles. The third-order valence-corrected chi connectivity index (χ3v) is 2.89. The fraction of sp³-hybridized carbons (Fsp3) is 0.846. The fourth-order valence-corrected chi connectivity index (χ4v) is 1.86. The summed E-state index contributed by atoms with van der Waals surface area (Å²) < 4.78 is 5.55. The van der Waals surface area contributed by atoms with Gasteiger partial charge >= 0.3 is 0 Å². The molecule has 1 N–H and O–H groups in total. The lowest BCUT2D eigenvalue weighted by molar-refractivity contribution is -0.00102. The molecule has 0 bridgehead atoms. The Morgan fingerprint density at radius 1 is 1.50 bits per heavy atom. The van der Waals surface area contributed by atoms with E-state index in [2.05, 4.69) is 37.1 Å². The predicted molar refractivity (Wildman–Crippen MR) is 68.8 cm³/mol. The van der Waals surface area contributed by atoms with Crippen molar-refractivity contribution in [1.29, 1.82) is 0 Å². The third kappa shape index (κ3) is 5.10. The highest BCUT2D eigenvalue weighted by atomic mass is 16.5. The monoisotopic (exact) mass is 226 g/mol. The molecule has 0 aromatic carbocycles. The molecule has 1 aliphatic heterocycles. The van der Waals surface area contributed by atoms with Crippen LogP contribution in [0.3, 0.4) is 0 Å². The molecule has 1 fully saturated rings. The normalized spacial score (nSPS) is 22.1. The zero-order valence-corrected chi connectivity index (χ0v) is 11.0. The van der Waals surface area contributed by atoms with Crippen molar-refractivity contribution in [3.05, 3.63) is 11.6 Å². The van der Waals surface area contributed by atoms with E-state index in [0.29, 0.717) is 6.04 Å². The van der Waals surface area contributed by atoms with E-state index in [4.69, 9.17) is 4.74 Å². The highest BCUT2D eigenvalue weighted by Gasteiger charge is 2.21. The van der Waals surface area contributed by atoms with Gasteiger partial charge in [-0.3, -0.25) is 4.90 Å². The van der Waals surface area contributed by atoms with Gasteiger partial charge in [-0.05, 0) is 26.8 Å². The Morgan fingerprint density at radius 3 is 3.00 bits per heavy atom. The number of morpholine rings is 1. The summed E-state index contributed by atoms with van der Waals surface area (Å²) >= 11 is 0. The first-order chi connectivity index (χ1) is 7.74. The highest BCUT2D eigenvalue weighted by Crippen LogP contribution is 2.06. The van der Waals surface area contributed by atoms with E-state index < -0.39 is 0 Å². The smallest absolute Gasteiger partial charge is 0.0635 e. The van der Waals surface area contributed by atoms with Gasteiger partial charge in [-0.1, -0.05) is 18.6 Å². The summed E-state index contributed by atoms with van der Waals surface area (Å²) in [6.45, 7) is 12.5. The number of nitrogens with one attached hydrogen (secondary N) is 1. The van der Waals surface area contributed by atoms with Crippen LogP contribution in [0.4, 0.5) is 0 Å². The number of hydrogen-bond donors (Lipinski definition) is 1. The van der Waals surface area contributed by atoms with E-state index in [1.54, 1.807) is 0 Å². The second kappa shape index (κ2) is 7.82. The van der Waals surface area contributed by atoms with Crippen LogP contribution in [0.2, 0.25) is 0 Å². The van der Waals surface area contributed by atoms with E-state index in [0.717, 1.165) is 39.4 Å². The Kier molecular flexibility index (Phi) is 6.69. The minimum absolute atomic E-state index is 0.538. The highest BCUT2D eigenvalue weighted by molar-refractivity contribution is 4.96. The van der Waals surface area contributed by atoms with Crippen LogP contribution in [0.25, 0.3) is 0 Å². The van der Waals surface area contributed by atoms with Crippen LogP contribution >= 0.6 is 0 Å². The molecule has 1 unspecified atom stereocenters. The molecule has 3 heteroatoms. The number of hydrogen-bond acceptors (Lipinski definition) is 3. The summed E-state index contributed by atoms with van der Waals surface area (Å²) in [6, 6.07) is 0.538. The Labute approximate surface area is 99.8 Å². The lowest BCUT2D eigenvalue weighted by Crippen LogP contribution is -2.50. The molecular formula is C13H26N2O. The standard InChI is InChI=1S/C13H26N2O/c1-4-6-14-10-13-11-16-9-8-15(13)7-5-12(2)3/h5,13-14H,4,6-11H2,1-3H3. The van der Waals surface area contributed by atoms with Crippen molar-refractivity contribution >= 4 is 0 Å². The van der Waals surface area contributed by atoms with Crippen LogP contribution in [0.15, 0.2) is 11.6 Å². The molecular weight excluding hydrogens is 200 g/mol. The first-order valence-corrected chi connectivity index (χ1v) is 6.40. The van der Waals surface area contributed by atoms with Crippen molar-refractivity contribution in [3.8, 4) is 0 Å². The molecule has 0 amide bonds. The molecule has 0 radical (unpaired) electrons. The predicted octanol–water partition coefficient (Wildman–Crippen LogP) is 1.65. The van der Waals surface area contributed by atoms with Crippen LogP contribution in [-0.4, -0.2) is 50.3 Å². The number of nitrogens with zero attached hydrogens (tertiary/aromatic N) is 1. The topological polar surface area (TPSA) is 24.5 Å². The zero-order chi connectivity index (χ0) is 11.8. The quantitative estimate of drug-likeness (QED) is 0.550. The third-order valence-electron chi connectivity index (χ3n) is 2.89. The number of rotatable bonds is 6. The summed E-state index contributed by atoms with van der Waals surface area (Å²) in [5, 5.41) is 3.48. The van der Waals surface area contributed by atoms with Crippen molar-refractivity contribution in [2.45, 2.75) is 33.2 Å². The molecule has 0 aliphatic carbocycles. The van der Waals surface area contributed by atoms with Crippen LogP contribution < -0.4 is 5.32 Å². The maximum Gasteiger partial charge on any atom is 0.0635 e. The van der Waals surface area contributed by atoms with Gasteiger partial charge in [-0.15, -0.1) is 0 Å². The average molecular weight is 226 g/mol. The molecule has 1 saturated heterocycles. The molecule has 16 heavy (non-hydrogen) atoms. The summed E-state index contributed by atoms with van der Waals surface area (Å²) in [6.07, 6.45) is 3.50. The molecule has 94 valence electrons. The van der Waals surface area contributed by atoms with Crippen LogP contribution in [0, 0.1) is 0 Å². The lowest BCUT2D eigenvalue weighted by Gasteiger charge is -2.35. The second-order valence-electron chi connectivity index (χ2n) is 4.71. The summed E-state index contributed by atoms with van der Waals surface area (Å²) in [5.41, 5.74) is 1.40. The van der Waals surface area contributed by atoms with E-state index in [1.165, 1.54) is 12.0 Å². The molecule has 1 rings (SSSR count). The minimum atomic E-state index is 0.538. The molecule has 3 nitrogen and oxygen atoms in total. The van der Waals surface area contributed by atoms with E-state index in [1.807, 2.05) is 0 Å². The Hall–Kier alpha value is -0.380. The summed E-state index contributed by atoms with van der Waals surface area (Å²) in [4.78, 5) is 2.51. The molecule has 1 atom stereocenters. The van der Waals surface area contributed by atoms with Crippen LogP contribution in [0.5, 0.6) is 0 Å². The van der Waals surface area contributed by atoms with E-state index in [-0.39, 0.29) is 0 Å². The van der Waals surface area contributed by atoms with Gasteiger partial charge in [0.25, 0.3) is 0 Å². The summed E-state index contributed by atoms with van der Waals surface area (Å²) in [5.74, 6) is 0. The molecule has 0 aromatic rings. The van der Waals surface area contributed by atoms with Crippen molar-refractivity contribution in [2.24, 2.45) is 0 Å². The van der Waals surface area contributed by atoms with Crippen molar-refractivity contribution < 1.29 is 4.74 Å². The van der Waals surface area contributed by atoms with Gasteiger partial charge < -0.3 is 10.1 Å². The molecule has 1 aliphatic rings. The zero-order valence-electron chi connectivity index (χ0n) is 11.0. The largest absolute Gasteiger partial charge is 0.378 e. The lowest BCUT2D eigenvalue weighted by atomic mass is 10.2. The molecule has 0 aromatic heterocycles. The first-order valence-electron chi connectivity index (χ1n) is 6.40. The van der Waals surface area contributed by atoms with Crippen molar-refractivity contribution in [2.75, 3.05) is 39.4 Å². The van der Waals surface area contributed by atoms with Gasteiger partial charge in [-0.25, -0.2) is 0 Å². The maximum absolute atomic E-state index is 5.55. The van der Waals surface area contributed by atoms with Crippen molar-refractivity contribution in [3.63, 3.8) is 0 Å². The van der Waals surface area contributed by atoms with Crippen molar-refractivity contribution in [1.82, 2.24) is 10.2 Å². The number of allylic oxidation sites excluding steroid dienone is 1. The minimum Gasteiger partial charge on any atom is -0.378 e. The van der Waals surface area contributed by atoms with Gasteiger partial charge in [0.1, 0.15) is 0 Å². The van der Waals surface area contributed by atoms with Crippen LogP contribution in [0.1, 0.15) is 27.2 Å². The van der Waals surface area contributed by atoms with E-state index in [9.17, 15) is 0 Å². The second-order valence-corrected chi connectivity index (χ2v) is 4.71. The van der Waals surface area contributed by atoms with Gasteiger partial charge in [0, 0.05) is 25.7 Å². The van der Waals surface area contributed by atoms with E-state index >= 15 is 0 Å². The molecule has 1 heterocycles. The molecule has 0 spiro atoms. The van der Waals surface area contributed by atoms with Crippen LogP contribution in [-0.2, 0) is 4.74 Å². The van der Waals surface area contributed by atoms with Gasteiger partial charge in [-0.2, -0.15) is 0 Å². The summed E-state index contributed by atoms with van der Waals surface area (Å²) in [7, 11) is 0. The van der Waals surface area contributed by atoms with Gasteiger partial charge in [0.05, 0.1) is 13.2 Å². The van der Waals surface area contributed by atoms with Gasteiger partial charge in [0.15, 0.2) is 0 Å². The Morgan fingerprint density at radius 2 is 2.31 bits per heavy atom. The average Bonchev–Trinajstić information content (AvgIpc) is 2.28. The fourth-order valence-electron chi connectivity index (χ4n) is 1.86. The van der Waals surface area contributed by atoms with Gasteiger partial charge in [0.2, 0.25) is 0 Å². The Balaban J connectivity index is 2.34. The maximum atomic E-state index is 5.55. The SMILES string of the molecule is CCCNCC1COCCN1CC=C(C)C. The Bertz CT molecular complexity index is 212.